The number of piperazine rings is 1. The van der Waals surface area contributed by atoms with Crippen LogP contribution in [-0.2, 0) is 4.79 Å². The molecule has 3 heterocycles. The minimum atomic E-state index is -1.16. The standard InChI is InChI=1S/C21H26FN3O4/c1-29-20-17(11-6-13-8-23-4-5-24(13)9-11)16(22)7-14-18(20)25(12-2-3-12)10-15(19(14)26)21(27)28/h7,11-13,15,23H,2-6,8-10H2,1H3,(H,27,28)/t11?,13-,15?/m0/s1. The van der Waals surface area contributed by atoms with Crippen LogP contribution in [0.15, 0.2) is 6.07 Å². The third-order valence-corrected chi connectivity index (χ3v) is 6.87. The lowest BCUT2D eigenvalue weighted by molar-refractivity contribution is -0.139. The lowest BCUT2D eigenvalue weighted by Gasteiger charge is -2.36. The average molecular weight is 403 g/mol. The predicted molar refractivity (Wildman–Crippen MR) is 104 cm³/mol. The van der Waals surface area contributed by atoms with Crippen LogP contribution in [0.2, 0.25) is 0 Å². The van der Waals surface area contributed by atoms with Crippen LogP contribution in [0.4, 0.5) is 10.1 Å². The van der Waals surface area contributed by atoms with Crippen molar-refractivity contribution < 1.29 is 23.8 Å². The Bertz CT molecular complexity index is 858. The molecule has 1 aromatic rings. The van der Waals surface area contributed by atoms with Crippen LogP contribution in [0.25, 0.3) is 0 Å². The summed E-state index contributed by atoms with van der Waals surface area (Å²) in [5.74, 6) is -2.90. The van der Waals surface area contributed by atoms with Crippen LogP contribution in [-0.4, -0.2) is 73.7 Å². The van der Waals surface area contributed by atoms with Crippen molar-refractivity contribution in [3.05, 3.63) is 23.0 Å². The topological polar surface area (TPSA) is 82.1 Å². The highest BCUT2D eigenvalue weighted by atomic mass is 19.1. The van der Waals surface area contributed by atoms with Gasteiger partial charge in [0.1, 0.15) is 17.5 Å². The number of ether oxygens (including phenoxy) is 1. The lowest BCUT2D eigenvalue weighted by Crippen LogP contribution is -2.47. The maximum Gasteiger partial charge on any atom is 0.316 e. The molecular formula is C21H26FN3O4. The fraction of sp³-hybridized carbons (Fsp3) is 0.619. The van der Waals surface area contributed by atoms with E-state index in [1.54, 1.807) is 0 Å². The van der Waals surface area contributed by atoms with E-state index in [4.69, 9.17) is 4.74 Å². The van der Waals surface area contributed by atoms with Crippen molar-refractivity contribution in [2.24, 2.45) is 5.92 Å². The van der Waals surface area contributed by atoms with Gasteiger partial charge in [0.25, 0.3) is 0 Å². The van der Waals surface area contributed by atoms with Crippen LogP contribution in [0.5, 0.6) is 5.75 Å². The van der Waals surface area contributed by atoms with E-state index in [1.807, 2.05) is 4.90 Å². The third kappa shape index (κ3) is 3.00. The first-order valence-corrected chi connectivity index (χ1v) is 10.4. The average Bonchev–Trinajstić information content (AvgIpc) is 3.45. The molecule has 0 amide bonds. The highest BCUT2D eigenvalue weighted by molar-refractivity contribution is 6.14. The van der Waals surface area contributed by atoms with Crippen LogP contribution in [0.3, 0.4) is 0 Å². The number of carboxylic acid groups (broad SMARTS) is 1. The number of methoxy groups -OCH3 is 1. The van der Waals surface area contributed by atoms with Crippen molar-refractivity contribution in [2.45, 2.75) is 37.3 Å². The summed E-state index contributed by atoms with van der Waals surface area (Å²) >= 11 is 0. The molecule has 4 aliphatic rings. The number of ketones is 1. The number of hydrogen-bond donors (Lipinski definition) is 2. The Morgan fingerprint density at radius 2 is 2.10 bits per heavy atom. The molecule has 0 aromatic heterocycles. The Hall–Kier alpha value is -2.19. The van der Waals surface area contributed by atoms with Gasteiger partial charge in [-0.2, -0.15) is 0 Å². The molecule has 156 valence electrons. The van der Waals surface area contributed by atoms with Crippen molar-refractivity contribution in [3.63, 3.8) is 0 Å². The largest absolute Gasteiger partial charge is 0.494 e. The zero-order valence-corrected chi connectivity index (χ0v) is 16.5. The molecule has 3 fully saturated rings. The molecule has 1 aliphatic carbocycles. The van der Waals surface area contributed by atoms with Gasteiger partial charge < -0.3 is 20.1 Å². The van der Waals surface area contributed by atoms with Gasteiger partial charge in [0, 0.05) is 61.9 Å². The Labute approximate surface area is 168 Å². The second-order valence-electron chi connectivity index (χ2n) is 8.63. The molecular weight excluding hydrogens is 377 g/mol. The number of aliphatic carboxylic acids is 1. The second-order valence-corrected chi connectivity index (χ2v) is 8.63. The lowest BCUT2D eigenvalue weighted by atomic mass is 9.86. The summed E-state index contributed by atoms with van der Waals surface area (Å²) < 4.78 is 21.1. The van der Waals surface area contributed by atoms with Gasteiger partial charge in [0.05, 0.1) is 12.8 Å². The van der Waals surface area contributed by atoms with Gasteiger partial charge in [-0.25, -0.2) is 4.39 Å². The number of hydrogen-bond acceptors (Lipinski definition) is 6. The highest BCUT2D eigenvalue weighted by Crippen LogP contribution is 2.49. The number of carboxylic acids is 1. The number of Topliss-reactive ketones (excluding diaryl/α,β-unsaturated/α-hetero) is 1. The van der Waals surface area contributed by atoms with E-state index in [1.165, 1.54) is 13.2 Å². The summed E-state index contributed by atoms with van der Waals surface area (Å²) in [6, 6.07) is 1.83. The number of carbonyl (C=O) groups is 2. The zero-order valence-electron chi connectivity index (χ0n) is 16.5. The molecule has 5 rings (SSSR count). The number of carbonyl (C=O) groups excluding carboxylic acids is 1. The highest BCUT2D eigenvalue weighted by Gasteiger charge is 2.46. The molecule has 3 aliphatic heterocycles. The Morgan fingerprint density at radius 3 is 2.76 bits per heavy atom. The maximum atomic E-state index is 15.4. The van der Waals surface area contributed by atoms with E-state index in [2.05, 4.69) is 10.2 Å². The Balaban J connectivity index is 1.61. The molecule has 0 radical (unpaired) electrons. The minimum Gasteiger partial charge on any atom is -0.494 e. The molecule has 2 N–H and O–H groups in total. The molecule has 2 saturated heterocycles. The molecule has 1 saturated carbocycles. The van der Waals surface area contributed by atoms with Crippen molar-refractivity contribution in [2.75, 3.05) is 44.7 Å². The van der Waals surface area contributed by atoms with Crippen LogP contribution in [0.1, 0.15) is 41.1 Å². The molecule has 2 unspecified atom stereocenters. The number of nitrogens with zero attached hydrogens (tertiary/aromatic N) is 2. The van der Waals surface area contributed by atoms with Crippen molar-refractivity contribution in [3.8, 4) is 5.75 Å². The van der Waals surface area contributed by atoms with Crippen molar-refractivity contribution in [1.29, 1.82) is 0 Å². The third-order valence-electron chi connectivity index (χ3n) is 6.87. The summed E-state index contributed by atoms with van der Waals surface area (Å²) in [5.41, 5.74) is 1.27. The first kappa shape index (κ1) is 18.8. The predicted octanol–water partition coefficient (Wildman–Crippen LogP) is 1.46. The van der Waals surface area contributed by atoms with Gasteiger partial charge in [-0.05, 0) is 25.3 Å². The van der Waals surface area contributed by atoms with Crippen molar-refractivity contribution in [1.82, 2.24) is 10.2 Å². The number of fused-ring (bicyclic) bond motifs is 2. The normalized spacial score (nSPS) is 29.5. The number of benzene rings is 1. The van der Waals surface area contributed by atoms with Crippen LogP contribution < -0.4 is 15.0 Å². The number of nitrogens with one attached hydrogen (secondary N) is 1. The van der Waals surface area contributed by atoms with Gasteiger partial charge in [0.15, 0.2) is 5.78 Å². The Morgan fingerprint density at radius 1 is 1.31 bits per heavy atom. The number of rotatable bonds is 4. The van der Waals surface area contributed by atoms with E-state index < -0.39 is 23.5 Å². The van der Waals surface area contributed by atoms with Gasteiger partial charge in [-0.15, -0.1) is 0 Å². The van der Waals surface area contributed by atoms with Gasteiger partial charge in [-0.3, -0.25) is 14.5 Å². The fourth-order valence-electron chi connectivity index (χ4n) is 5.33. The van der Waals surface area contributed by atoms with E-state index >= 15 is 4.39 Å². The summed E-state index contributed by atoms with van der Waals surface area (Å²) in [5, 5.41) is 12.9. The maximum absolute atomic E-state index is 15.4. The molecule has 0 bridgehead atoms. The molecule has 7 nitrogen and oxygen atoms in total. The molecule has 0 spiro atoms. The monoisotopic (exact) mass is 403 g/mol. The first-order valence-electron chi connectivity index (χ1n) is 10.4. The van der Waals surface area contributed by atoms with Gasteiger partial charge >= 0.3 is 5.97 Å². The quantitative estimate of drug-likeness (QED) is 0.737. The van der Waals surface area contributed by atoms with Crippen molar-refractivity contribution >= 4 is 17.4 Å². The second kappa shape index (κ2) is 6.95. The molecule has 1 aromatic carbocycles. The summed E-state index contributed by atoms with van der Waals surface area (Å²) in [4.78, 5) is 28.9. The number of halogens is 1. The SMILES string of the molecule is COc1c(C2C[C@H]3CNCCN3C2)c(F)cc2c1N(C1CC1)CC(C(=O)O)C2=O. The van der Waals surface area contributed by atoms with Crippen LogP contribution in [0, 0.1) is 11.7 Å². The number of anilines is 1. The summed E-state index contributed by atoms with van der Waals surface area (Å²) in [6.07, 6.45) is 2.73. The van der Waals surface area contributed by atoms with E-state index in [0.29, 0.717) is 23.0 Å². The smallest absolute Gasteiger partial charge is 0.316 e. The molecule has 29 heavy (non-hydrogen) atoms. The van der Waals surface area contributed by atoms with Gasteiger partial charge in [-0.1, -0.05) is 0 Å². The van der Waals surface area contributed by atoms with E-state index in [-0.39, 0.29) is 24.1 Å². The zero-order chi connectivity index (χ0) is 20.3. The summed E-state index contributed by atoms with van der Waals surface area (Å²) in [7, 11) is 1.52. The fourth-order valence-corrected chi connectivity index (χ4v) is 5.33. The van der Waals surface area contributed by atoms with E-state index in [9.17, 15) is 14.7 Å². The summed E-state index contributed by atoms with van der Waals surface area (Å²) in [6.45, 7) is 3.68. The molecule has 8 heteroatoms. The van der Waals surface area contributed by atoms with Crippen LogP contribution >= 0.6 is 0 Å². The first-order chi connectivity index (χ1) is 14.0. The minimum absolute atomic E-state index is 0.00602. The molecule has 3 atom stereocenters. The van der Waals surface area contributed by atoms with E-state index in [0.717, 1.165) is 45.4 Å². The van der Waals surface area contributed by atoms with Gasteiger partial charge in [0.2, 0.25) is 0 Å². The Kier molecular flexibility index (Phi) is 4.51.